The molecule has 1 aromatic rings. The summed E-state index contributed by atoms with van der Waals surface area (Å²) in [6.45, 7) is 8.05. The Labute approximate surface area is 79.6 Å². The van der Waals surface area contributed by atoms with Gasteiger partial charge in [-0.2, -0.15) is 0 Å². The standard InChI is InChI=1S/C12H15N/c1-4-10-7-11(9(2)3)5-6-12(10)8-13/h4-9,13H,1H2,2-3H3. The smallest absolute Gasteiger partial charge is 0.0256 e. The first-order valence-electron chi connectivity index (χ1n) is 4.46. The van der Waals surface area contributed by atoms with Crippen LogP contribution in [-0.4, -0.2) is 6.21 Å². The first kappa shape index (κ1) is 9.72. The van der Waals surface area contributed by atoms with Crippen LogP contribution in [0.5, 0.6) is 0 Å². The zero-order chi connectivity index (χ0) is 9.84. The number of nitrogens with one attached hydrogen (secondary N) is 1. The fourth-order valence-corrected chi connectivity index (χ4v) is 1.26. The summed E-state index contributed by atoms with van der Waals surface area (Å²) in [4.78, 5) is 0. The number of rotatable bonds is 3. The quantitative estimate of drug-likeness (QED) is 0.677. The Balaban J connectivity index is 3.20. The van der Waals surface area contributed by atoms with Gasteiger partial charge in [0.05, 0.1) is 0 Å². The van der Waals surface area contributed by atoms with Gasteiger partial charge in [0.15, 0.2) is 0 Å². The highest BCUT2D eigenvalue weighted by Crippen LogP contribution is 2.18. The van der Waals surface area contributed by atoms with E-state index in [1.807, 2.05) is 6.07 Å². The van der Waals surface area contributed by atoms with E-state index < -0.39 is 0 Å². The highest BCUT2D eigenvalue weighted by atomic mass is 14.3. The number of hydrogen-bond acceptors (Lipinski definition) is 1. The van der Waals surface area contributed by atoms with Crippen molar-refractivity contribution in [3.05, 3.63) is 41.5 Å². The van der Waals surface area contributed by atoms with Crippen molar-refractivity contribution in [2.75, 3.05) is 0 Å². The maximum absolute atomic E-state index is 7.19. The van der Waals surface area contributed by atoms with Crippen molar-refractivity contribution in [1.82, 2.24) is 0 Å². The molecule has 0 atom stereocenters. The lowest BCUT2D eigenvalue weighted by Gasteiger charge is -2.07. The molecule has 0 amide bonds. The molecule has 0 spiro atoms. The molecule has 0 radical (unpaired) electrons. The van der Waals surface area contributed by atoms with Crippen molar-refractivity contribution in [2.45, 2.75) is 19.8 Å². The monoisotopic (exact) mass is 173 g/mol. The SMILES string of the molecule is C=Cc1cc(C(C)C)ccc1C=N. The van der Waals surface area contributed by atoms with Gasteiger partial charge < -0.3 is 5.41 Å². The van der Waals surface area contributed by atoms with E-state index >= 15 is 0 Å². The fraction of sp³-hybridized carbons (Fsp3) is 0.250. The van der Waals surface area contributed by atoms with Gasteiger partial charge >= 0.3 is 0 Å². The van der Waals surface area contributed by atoms with Gasteiger partial charge in [0.2, 0.25) is 0 Å². The second-order valence-corrected chi connectivity index (χ2v) is 3.39. The van der Waals surface area contributed by atoms with Crippen LogP contribution < -0.4 is 0 Å². The minimum Gasteiger partial charge on any atom is -0.308 e. The molecule has 68 valence electrons. The summed E-state index contributed by atoms with van der Waals surface area (Å²) in [6, 6.07) is 6.13. The molecule has 0 aliphatic rings. The molecule has 0 fully saturated rings. The second kappa shape index (κ2) is 4.04. The van der Waals surface area contributed by atoms with Crippen molar-refractivity contribution in [3.8, 4) is 0 Å². The van der Waals surface area contributed by atoms with Gasteiger partial charge in [0.25, 0.3) is 0 Å². The van der Waals surface area contributed by atoms with Crippen molar-refractivity contribution in [1.29, 1.82) is 5.41 Å². The van der Waals surface area contributed by atoms with Gasteiger partial charge in [0.1, 0.15) is 0 Å². The van der Waals surface area contributed by atoms with E-state index in [4.69, 9.17) is 5.41 Å². The average molecular weight is 173 g/mol. The Bertz CT molecular complexity index is 324. The van der Waals surface area contributed by atoms with Crippen LogP contribution in [0.25, 0.3) is 6.08 Å². The summed E-state index contributed by atoms with van der Waals surface area (Å²) in [6.07, 6.45) is 3.16. The molecule has 0 aromatic heterocycles. The van der Waals surface area contributed by atoms with E-state index in [2.05, 4.69) is 32.6 Å². The molecule has 1 N–H and O–H groups in total. The van der Waals surface area contributed by atoms with Crippen LogP contribution in [-0.2, 0) is 0 Å². The maximum atomic E-state index is 7.19. The van der Waals surface area contributed by atoms with Crippen LogP contribution in [0.1, 0.15) is 36.5 Å². The molecule has 0 saturated heterocycles. The van der Waals surface area contributed by atoms with E-state index in [9.17, 15) is 0 Å². The van der Waals surface area contributed by atoms with Crippen LogP contribution in [0.3, 0.4) is 0 Å². The van der Waals surface area contributed by atoms with Gasteiger partial charge in [0, 0.05) is 6.21 Å². The lowest BCUT2D eigenvalue weighted by Crippen LogP contribution is -1.92. The first-order valence-corrected chi connectivity index (χ1v) is 4.46. The van der Waals surface area contributed by atoms with E-state index in [0.29, 0.717) is 5.92 Å². The van der Waals surface area contributed by atoms with Gasteiger partial charge in [-0.15, -0.1) is 0 Å². The normalized spacial score (nSPS) is 10.1. The average Bonchev–Trinajstić information content (AvgIpc) is 2.16. The van der Waals surface area contributed by atoms with E-state index in [1.54, 1.807) is 6.08 Å². The van der Waals surface area contributed by atoms with Crippen LogP contribution in [0.2, 0.25) is 0 Å². The van der Waals surface area contributed by atoms with Crippen molar-refractivity contribution in [3.63, 3.8) is 0 Å². The molecule has 0 saturated carbocycles. The van der Waals surface area contributed by atoms with Gasteiger partial charge in [-0.05, 0) is 22.6 Å². The Kier molecular flexibility index (Phi) is 3.02. The van der Waals surface area contributed by atoms with E-state index in [1.165, 1.54) is 11.8 Å². The lowest BCUT2D eigenvalue weighted by atomic mass is 9.98. The minimum atomic E-state index is 0.526. The molecule has 0 aliphatic carbocycles. The fourth-order valence-electron chi connectivity index (χ4n) is 1.26. The van der Waals surface area contributed by atoms with Gasteiger partial charge in [-0.25, -0.2) is 0 Å². The summed E-state index contributed by atoms with van der Waals surface area (Å²) < 4.78 is 0. The summed E-state index contributed by atoms with van der Waals surface area (Å²) in [5.74, 6) is 0.526. The molecule has 0 bridgehead atoms. The predicted molar refractivity (Wildman–Crippen MR) is 58.5 cm³/mol. The Morgan fingerprint density at radius 1 is 1.31 bits per heavy atom. The molecule has 1 rings (SSSR count). The molecule has 1 heteroatoms. The largest absolute Gasteiger partial charge is 0.308 e. The molecule has 13 heavy (non-hydrogen) atoms. The van der Waals surface area contributed by atoms with Crippen LogP contribution in [0.15, 0.2) is 24.8 Å². The Hall–Kier alpha value is -1.37. The lowest BCUT2D eigenvalue weighted by molar-refractivity contribution is 0.866. The highest BCUT2D eigenvalue weighted by molar-refractivity contribution is 5.83. The molecular weight excluding hydrogens is 158 g/mol. The zero-order valence-electron chi connectivity index (χ0n) is 8.17. The van der Waals surface area contributed by atoms with Crippen LogP contribution >= 0.6 is 0 Å². The van der Waals surface area contributed by atoms with Crippen molar-refractivity contribution in [2.24, 2.45) is 0 Å². The molecule has 0 heterocycles. The number of hydrogen-bond donors (Lipinski definition) is 1. The summed E-state index contributed by atoms with van der Waals surface area (Å²) in [5.41, 5.74) is 3.26. The van der Waals surface area contributed by atoms with Crippen LogP contribution in [0.4, 0.5) is 0 Å². The predicted octanol–water partition coefficient (Wildman–Crippen LogP) is 3.45. The molecule has 0 aliphatic heterocycles. The van der Waals surface area contributed by atoms with Gasteiger partial charge in [-0.3, -0.25) is 0 Å². The van der Waals surface area contributed by atoms with E-state index in [0.717, 1.165) is 11.1 Å². The molecule has 1 nitrogen and oxygen atoms in total. The summed E-state index contributed by atoms with van der Waals surface area (Å²) >= 11 is 0. The maximum Gasteiger partial charge on any atom is 0.0256 e. The van der Waals surface area contributed by atoms with Crippen molar-refractivity contribution >= 4 is 12.3 Å². The third kappa shape index (κ3) is 2.05. The Morgan fingerprint density at radius 2 is 2.00 bits per heavy atom. The van der Waals surface area contributed by atoms with Gasteiger partial charge in [-0.1, -0.05) is 44.7 Å². The topological polar surface area (TPSA) is 23.9 Å². The van der Waals surface area contributed by atoms with Crippen LogP contribution in [0, 0.1) is 5.41 Å². The highest BCUT2D eigenvalue weighted by Gasteiger charge is 2.01. The van der Waals surface area contributed by atoms with Crippen molar-refractivity contribution < 1.29 is 0 Å². The molecule has 1 aromatic carbocycles. The minimum absolute atomic E-state index is 0.526. The Morgan fingerprint density at radius 3 is 2.46 bits per heavy atom. The first-order chi connectivity index (χ1) is 6.19. The molecule has 0 unspecified atom stereocenters. The third-order valence-electron chi connectivity index (χ3n) is 2.15. The molecular formula is C12H15N. The summed E-state index contributed by atoms with van der Waals surface area (Å²) in [7, 11) is 0. The number of benzene rings is 1. The van der Waals surface area contributed by atoms with E-state index in [-0.39, 0.29) is 0 Å². The second-order valence-electron chi connectivity index (χ2n) is 3.39. The summed E-state index contributed by atoms with van der Waals surface area (Å²) in [5, 5.41) is 7.19. The zero-order valence-corrected chi connectivity index (χ0v) is 8.17. The third-order valence-corrected chi connectivity index (χ3v) is 2.15.